The fraction of sp³-hybridized carbons (Fsp3) is 1.00. The molecule has 1 N–H and O–H groups in total. The van der Waals surface area contributed by atoms with Crippen molar-refractivity contribution in [2.45, 2.75) is 9.64 Å². The average Bonchev–Trinajstić information content (AvgIpc) is 2.02. The molecule has 0 saturated heterocycles. The molecule has 8 heteroatoms. The normalized spacial score (nSPS) is 17.9. The minimum atomic E-state index is -3.88. The highest BCUT2D eigenvalue weighted by atomic mass is 35.5. The summed E-state index contributed by atoms with van der Waals surface area (Å²) in [7, 11) is -1.76. The number of aliphatic hydroxyl groups is 1. The molecule has 74 valence electrons. The van der Waals surface area contributed by atoms with E-state index in [4.69, 9.17) is 34.8 Å². The van der Waals surface area contributed by atoms with Crippen molar-refractivity contribution in [3.63, 3.8) is 0 Å². The largest absolute Gasteiger partial charge is 0.379 e. The monoisotopic (exact) mass is 256 g/mol. The summed E-state index contributed by atoms with van der Waals surface area (Å²) in [5, 5.41) is 9.30. The summed E-state index contributed by atoms with van der Waals surface area (Å²) in [6.07, 6.45) is 0. The Morgan fingerprint density at radius 1 is 1.42 bits per heavy atom. The lowest BCUT2D eigenvalue weighted by Gasteiger charge is -2.27. The van der Waals surface area contributed by atoms with Crippen LogP contribution in [0.15, 0.2) is 0 Å². The number of rotatable bonds is 4. The second kappa shape index (κ2) is 4.47. The van der Waals surface area contributed by atoms with Crippen LogP contribution in [0.1, 0.15) is 0 Å². The molecule has 0 aliphatic rings. The molecule has 0 fully saturated rings. The van der Waals surface area contributed by atoms with E-state index in [9.17, 15) is 9.67 Å². The van der Waals surface area contributed by atoms with Crippen molar-refractivity contribution in [1.82, 2.24) is 0 Å². The molecule has 0 rings (SSSR count). The lowest BCUT2D eigenvalue weighted by atomic mass is 10.8. The zero-order chi connectivity index (χ0) is 9.99. The highest BCUT2D eigenvalue weighted by Crippen LogP contribution is 2.62. The van der Waals surface area contributed by atoms with E-state index in [-0.39, 0.29) is 0 Å². The van der Waals surface area contributed by atoms with Crippen LogP contribution in [0.4, 0.5) is 0 Å². The van der Waals surface area contributed by atoms with Crippen molar-refractivity contribution in [2.75, 3.05) is 14.2 Å². The average molecular weight is 257 g/mol. The summed E-state index contributed by atoms with van der Waals surface area (Å²) in [5.41, 5.74) is 0. The zero-order valence-corrected chi connectivity index (χ0v) is 9.49. The minimum Gasteiger partial charge on any atom is -0.363 e. The van der Waals surface area contributed by atoms with Crippen molar-refractivity contribution in [3.8, 4) is 0 Å². The summed E-state index contributed by atoms with van der Waals surface area (Å²) in [4.78, 5) is -3.91. The topological polar surface area (TPSA) is 55.8 Å². The molecule has 0 heterocycles. The Labute approximate surface area is 85.2 Å². The molecule has 0 aliphatic carbocycles. The van der Waals surface area contributed by atoms with Crippen molar-refractivity contribution in [1.29, 1.82) is 0 Å². The zero-order valence-electron chi connectivity index (χ0n) is 6.33. The number of halogens is 3. The van der Waals surface area contributed by atoms with Gasteiger partial charge in [-0.05, 0) is 0 Å². The molecule has 0 amide bonds. The van der Waals surface area contributed by atoms with Gasteiger partial charge in [0.25, 0.3) is 4.80 Å². The van der Waals surface area contributed by atoms with Gasteiger partial charge in [0, 0.05) is 14.2 Å². The summed E-state index contributed by atoms with van der Waals surface area (Å²) >= 11 is 15.9. The predicted octanol–water partition coefficient (Wildman–Crippen LogP) is 2.16. The first-order chi connectivity index (χ1) is 5.31. The van der Waals surface area contributed by atoms with E-state index in [1.807, 2.05) is 0 Å². The van der Waals surface area contributed by atoms with E-state index >= 15 is 0 Å². The maximum atomic E-state index is 11.4. The number of hydrogen-bond donors (Lipinski definition) is 1. The van der Waals surface area contributed by atoms with Gasteiger partial charge in [0.15, 0.2) is 4.84 Å². The smallest absolute Gasteiger partial charge is 0.363 e. The molecule has 0 aliphatic heterocycles. The molecule has 0 aromatic carbocycles. The van der Waals surface area contributed by atoms with Gasteiger partial charge < -0.3 is 14.2 Å². The molecule has 0 bridgehead atoms. The van der Waals surface area contributed by atoms with E-state index < -0.39 is 17.2 Å². The van der Waals surface area contributed by atoms with Gasteiger partial charge >= 0.3 is 7.60 Å². The van der Waals surface area contributed by atoms with Crippen molar-refractivity contribution in [2.24, 2.45) is 0 Å². The fourth-order valence-electron chi connectivity index (χ4n) is 0.450. The first kappa shape index (κ1) is 13.0. The number of alkyl halides is 3. The maximum Gasteiger partial charge on any atom is 0.379 e. The van der Waals surface area contributed by atoms with Gasteiger partial charge in [0.2, 0.25) is 0 Å². The van der Waals surface area contributed by atoms with Crippen LogP contribution >= 0.6 is 42.4 Å². The molecule has 12 heavy (non-hydrogen) atoms. The Morgan fingerprint density at radius 2 is 1.75 bits per heavy atom. The third-order valence-electron chi connectivity index (χ3n) is 1.14. The molecule has 0 spiro atoms. The fourth-order valence-corrected chi connectivity index (χ4v) is 2.48. The molecule has 1 unspecified atom stereocenters. The van der Waals surface area contributed by atoms with Crippen LogP contribution in [-0.2, 0) is 13.6 Å². The SMILES string of the molecule is COP(=O)(OC)C(O)(Cl)C(Cl)Cl. The second-order valence-corrected chi connectivity index (χ2v) is 6.14. The quantitative estimate of drug-likeness (QED) is 0.619. The van der Waals surface area contributed by atoms with E-state index in [1.165, 1.54) is 0 Å². The van der Waals surface area contributed by atoms with Crippen LogP contribution in [0.2, 0.25) is 0 Å². The van der Waals surface area contributed by atoms with Gasteiger partial charge in [-0.15, -0.1) is 0 Å². The first-order valence-electron chi connectivity index (χ1n) is 2.73. The summed E-state index contributed by atoms with van der Waals surface area (Å²) in [6, 6.07) is 0. The molecule has 0 saturated carbocycles. The van der Waals surface area contributed by atoms with Crippen molar-refractivity contribution in [3.05, 3.63) is 0 Å². The first-order valence-corrected chi connectivity index (χ1v) is 5.52. The standard InChI is InChI=1S/C4H8Cl3O4P/c1-10-12(9,11-2)4(7,8)3(5)6/h3,8H,1-2H3. The van der Waals surface area contributed by atoms with Gasteiger partial charge in [0.1, 0.15) is 0 Å². The predicted molar refractivity (Wildman–Crippen MR) is 47.9 cm³/mol. The van der Waals surface area contributed by atoms with Crippen LogP contribution in [0, 0.1) is 0 Å². The Bertz CT molecular complexity index is 187. The molecular formula is C4H8Cl3O4P. The van der Waals surface area contributed by atoms with Gasteiger partial charge in [-0.1, -0.05) is 34.8 Å². The summed E-state index contributed by atoms with van der Waals surface area (Å²) < 4.78 is 20.2. The van der Waals surface area contributed by atoms with Gasteiger partial charge in [-0.2, -0.15) is 0 Å². The Morgan fingerprint density at radius 3 is 1.83 bits per heavy atom. The lowest BCUT2D eigenvalue weighted by molar-refractivity contribution is 0.154. The van der Waals surface area contributed by atoms with Crippen molar-refractivity contribution < 1.29 is 18.7 Å². The molecule has 0 aromatic rings. The van der Waals surface area contributed by atoms with Crippen LogP contribution < -0.4 is 0 Å². The lowest BCUT2D eigenvalue weighted by Crippen LogP contribution is -2.30. The van der Waals surface area contributed by atoms with E-state index in [0.29, 0.717) is 0 Å². The minimum absolute atomic E-state index is 1.06. The molecule has 0 radical (unpaired) electrons. The highest BCUT2D eigenvalue weighted by molar-refractivity contribution is 7.57. The van der Waals surface area contributed by atoms with E-state index in [0.717, 1.165) is 14.2 Å². The van der Waals surface area contributed by atoms with E-state index in [2.05, 4.69) is 9.05 Å². The van der Waals surface area contributed by atoms with Crippen molar-refractivity contribution >= 4 is 42.4 Å². The Balaban J connectivity index is 4.84. The summed E-state index contributed by atoms with van der Waals surface area (Å²) in [5.74, 6) is 0. The third kappa shape index (κ3) is 2.26. The molecule has 0 aromatic heterocycles. The van der Waals surface area contributed by atoms with Crippen LogP contribution in [0.3, 0.4) is 0 Å². The van der Waals surface area contributed by atoms with Crippen LogP contribution in [0.5, 0.6) is 0 Å². The van der Waals surface area contributed by atoms with Gasteiger partial charge in [-0.3, -0.25) is 4.57 Å². The maximum absolute atomic E-state index is 11.4. The molecular weight excluding hydrogens is 249 g/mol. The van der Waals surface area contributed by atoms with Crippen LogP contribution in [-0.4, -0.2) is 29.0 Å². The van der Waals surface area contributed by atoms with Gasteiger partial charge in [-0.25, -0.2) is 0 Å². The second-order valence-electron chi connectivity index (χ2n) is 1.80. The Kier molecular flexibility index (Phi) is 4.83. The van der Waals surface area contributed by atoms with Crippen LogP contribution in [0.25, 0.3) is 0 Å². The molecule has 1 atom stereocenters. The third-order valence-corrected chi connectivity index (χ3v) is 5.13. The summed E-state index contributed by atoms with van der Waals surface area (Å²) in [6.45, 7) is 0. The molecule has 4 nitrogen and oxygen atoms in total. The number of hydrogen-bond acceptors (Lipinski definition) is 4. The Hall–Kier alpha value is 0.980. The highest BCUT2D eigenvalue weighted by Gasteiger charge is 2.52. The van der Waals surface area contributed by atoms with E-state index in [1.54, 1.807) is 0 Å². The van der Waals surface area contributed by atoms with Gasteiger partial charge in [0.05, 0.1) is 0 Å².